The van der Waals surface area contributed by atoms with E-state index in [4.69, 9.17) is 4.74 Å². The van der Waals surface area contributed by atoms with Gasteiger partial charge in [-0.15, -0.1) is 0 Å². The number of amides is 2. The predicted octanol–water partition coefficient (Wildman–Crippen LogP) is 3.64. The molecule has 6 nitrogen and oxygen atoms in total. The molecule has 1 fully saturated rings. The summed E-state index contributed by atoms with van der Waals surface area (Å²) in [5.74, 6) is 0.494. The number of halogens is 1. The van der Waals surface area contributed by atoms with Crippen molar-refractivity contribution in [1.82, 2.24) is 10.6 Å². The minimum atomic E-state index is -0.167. The number of carbonyl (C=O) groups excluding carboxylic acids is 2. The molecule has 1 aliphatic carbocycles. The van der Waals surface area contributed by atoms with Gasteiger partial charge in [-0.1, -0.05) is 12.1 Å². The summed E-state index contributed by atoms with van der Waals surface area (Å²) >= 11 is 3.47. The van der Waals surface area contributed by atoms with E-state index in [1.807, 2.05) is 25.1 Å². The smallest absolute Gasteiger partial charge is 0.251 e. The molecule has 1 unspecified atom stereocenters. The number of rotatable bonds is 8. The van der Waals surface area contributed by atoms with Crippen molar-refractivity contribution in [2.45, 2.75) is 31.8 Å². The summed E-state index contributed by atoms with van der Waals surface area (Å²) in [5, 5.41) is 8.98. The van der Waals surface area contributed by atoms with E-state index in [-0.39, 0.29) is 24.4 Å². The molecule has 2 aromatic rings. The number of carbonyl (C=O) groups is 2. The third-order valence-electron chi connectivity index (χ3n) is 4.57. The Hall–Kier alpha value is -2.38. The Kier molecular flexibility index (Phi) is 6.70. The van der Waals surface area contributed by atoms with E-state index >= 15 is 0 Å². The van der Waals surface area contributed by atoms with Crippen molar-refractivity contribution in [2.24, 2.45) is 0 Å². The van der Waals surface area contributed by atoms with Crippen molar-refractivity contribution in [3.8, 4) is 5.75 Å². The number of hydrogen-bond acceptors (Lipinski definition) is 4. The summed E-state index contributed by atoms with van der Waals surface area (Å²) in [4.78, 5) is 24.4. The topological polar surface area (TPSA) is 79.5 Å². The molecule has 0 aromatic heterocycles. The molecule has 0 heterocycles. The molecule has 0 aliphatic heterocycles. The molecule has 148 valence electrons. The lowest BCUT2D eigenvalue weighted by Gasteiger charge is -2.15. The van der Waals surface area contributed by atoms with Gasteiger partial charge in [-0.25, -0.2) is 0 Å². The van der Waals surface area contributed by atoms with E-state index in [9.17, 15) is 9.59 Å². The van der Waals surface area contributed by atoms with Gasteiger partial charge in [0.25, 0.3) is 5.91 Å². The number of nitrogens with one attached hydrogen (secondary N) is 3. The van der Waals surface area contributed by atoms with Crippen LogP contribution in [0.3, 0.4) is 0 Å². The lowest BCUT2D eigenvalue weighted by Crippen LogP contribution is -2.30. The van der Waals surface area contributed by atoms with E-state index < -0.39 is 0 Å². The van der Waals surface area contributed by atoms with Gasteiger partial charge in [0.15, 0.2) is 0 Å². The molecule has 7 heteroatoms. The minimum absolute atomic E-state index is 0.0105. The maximum absolute atomic E-state index is 12.3. The molecule has 1 saturated carbocycles. The van der Waals surface area contributed by atoms with Gasteiger partial charge in [-0.2, -0.15) is 0 Å². The molecule has 0 radical (unpaired) electrons. The summed E-state index contributed by atoms with van der Waals surface area (Å²) < 4.78 is 6.10. The normalized spacial score (nSPS) is 14.2. The lowest BCUT2D eigenvalue weighted by molar-refractivity contribution is -0.115. The predicted molar refractivity (Wildman–Crippen MR) is 113 cm³/mol. The monoisotopic (exact) mass is 445 g/mol. The Labute approximate surface area is 173 Å². The van der Waals surface area contributed by atoms with E-state index in [0.717, 1.165) is 28.6 Å². The molecule has 0 spiro atoms. The van der Waals surface area contributed by atoms with Crippen LogP contribution in [0.25, 0.3) is 0 Å². The second kappa shape index (κ2) is 9.21. The number of ether oxygens (including phenoxy) is 1. The third-order valence-corrected chi connectivity index (χ3v) is 5.19. The molecule has 0 saturated heterocycles. The highest BCUT2D eigenvalue weighted by Gasteiger charge is 2.23. The lowest BCUT2D eigenvalue weighted by atomic mass is 10.1. The van der Waals surface area contributed by atoms with Gasteiger partial charge in [0.1, 0.15) is 5.75 Å². The maximum Gasteiger partial charge on any atom is 0.251 e. The second-order valence-corrected chi connectivity index (χ2v) is 7.73. The van der Waals surface area contributed by atoms with Crippen molar-refractivity contribution >= 4 is 33.4 Å². The SMILES string of the molecule is COc1ccc(C(C)NCC(=O)Nc2cccc(C(=O)NC3CC3)c2)cc1Br. The Morgan fingerprint density at radius 3 is 2.68 bits per heavy atom. The molecule has 0 bridgehead atoms. The molecule has 3 rings (SSSR count). The molecule has 1 atom stereocenters. The number of hydrogen-bond donors (Lipinski definition) is 3. The van der Waals surface area contributed by atoms with Gasteiger partial charge in [-0.3, -0.25) is 9.59 Å². The average molecular weight is 446 g/mol. The number of methoxy groups -OCH3 is 1. The summed E-state index contributed by atoms with van der Waals surface area (Å²) in [6.07, 6.45) is 2.08. The Bertz CT molecular complexity index is 868. The fourth-order valence-corrected chi connectivity index (χ4v) is 3.31. The zero-order valence-corrected chi connectivity index (χ0v) is 17.5. The van der Waals surface area contributed by atoms with Gasteiger partial charge in [0.05, 0.1) is 18.1 Å². The van der Waals surface area contributed by atoms with E-state index in [0.29, 0.717) is 17.3 Å². The summed E-state index contributed by atoms with van der Waals surface area (Å²) in [5.41, 5.74) is 2.20. The van der Waals surface area contributed by atoms with Crippen LogP contribution in [0.2, 0.25) is 0 Å². The standard InChI is InChI=1S/C21H24BrN3O3/c1-13(14-6-9-19(28-2)18(22)11-14)23-12-20(26)24-17-5-3-4-15(10-17)21(27)25-16-7-8-16/h3-6,9-11,13,16,23H,7-8,12H2,1-2H3,(H,24,26)(H,25,27). The van der Waals surface area contributed by atoms with Gasteiger partial charge >= 0.3 is 0 Å². The van der Waals surface area contributed by atoms with Crippen molar-refractivity contribution < 1.29 is 14.3 Å². The Morgan fingerprint density at radius 1 is 1.21 bits per heavy atom. The summed E-state index contributed by atoms with van der Waals surface area (Å²) in [7, 11) is 1.62. The van der Waals surface area contributed by atoms with Crippen LogP contribution in [0.15, 0.2) is 46.9 Å². The summed E-state index contributed by atoms with van der Waals surface area (Å²) in [6.45, 7) is 2.15. The average Bonchev–Trinajstić information content (AvgIpc) is 3.50. The van der Waals surface area contributed by atoms with Gasteiger partial charge in [-0.05, 0) is 71.6 Å². The first kappa shape index (κ1) is 20.4. The van der Waals surface area contributed by atoms with Crippen molar-refractivity contribution in [3.63, 3.8) is 0 Å². The van der Waals surface area contributed by atoms with Crippen LogP contribution in [-0.2, 0) is 4.79 Å². The van der Waals surface area contributed by atoms with Crippen LogP contribution in [0.1, 0.15) is 41.7 Å². The Morgan fingerprint density at radius 2 is 2.00 bits per heavy atom. The fourth-order valence-electron chi connectivity index (χ4n) is 2.76. The Balaban J connectivity index is 1.52. The zero-order chi connectivity index (χ0) is 20.1. The third kappa shape index (κ3) is 5.56. The van der Waals surface area contributed by atoms with Crippen molar-refractivity contribution in [2.75, 3.05) is 19.0 Å². The zero-order valence-electron chi connectivity index (χ0n) is 15.9. The highest BCUT2D eigenvalue weighted by molar-refractivity contribution is 9.10. The first-order chi connectivity index (χ1) is 13.5. The molecule has 2 amide bonds. The van der Waals surface area contributed by atoms with Crippen LogP contribution >= 0.6 is 15.9 Å². The van der Waals surface area contributed by atoms with Gasteiger partial charge < -0.3 is 20.7 Å². The number of benzene rings is 2. The van der Waals surface area contributed by atoms with Gasteiger partial charge in [0, 0.05) is 23.3 Å². The quantitative estimate of drug-likeness (QED) is 0.579. The number of anilines is 1. The molecular weight excluding hydrogens is 422 g/mol. The molecule has 28 heavy (non-hydrogen) atoms. The molecular formula is C21H24BrN3O3. The highest BCUT2D eigenvalue weighted by atomic mass is 79.9. The van der Waals surface area contributed by atoms with Crippen LogP contribution in [-0.4, -0.2) is 31.5 Å². The van der Waals surface area contributed by atoms with E-state index in [1.165, 1.54) is 0 Å². The molecule has 3 N–H and O–H groups in total. The largest absolute Gasteiger partial charge is 0.496 e. The minimum Gasteiger partial charge on any atom is -0.496 e. The first-order valence-electron chi connectivity index (χ1n) is 9.24. The van der Waals surface area contributed by atoms with E-state index in [2.05, 4.69) is 31.9 Å². The van der Waals surface area contributed by atoms with Crippen LogP contribution in [0.4, 0.5) is 5.69 Å². The summed E-state index contributed by atoms with van der Waals surface area (Å²) in [6, 6.07) is 13.1. The van der Waals surface area contributed by atoms with Crippen molar-refractivity contribution in [3.05, 3.63) is 58.1 Å². The molecule has 2 aromatic carbocycles. The van der Waals surface area contributed by atoms with Gasteiger partial charge in [0.2, 0.25) is 5.91 Å². The fraction of sp³-hybridized carbons (Fsp3) is 0.333. The molecule has 1 aliphatic rings. The van der Waals surface area contributed by atoms with Crippen LogP contribution in [0, 0.1) is 0 Å². The van der Waals surface area contributed by atoms with E-state index in [1.54, 1.807) is 31.4 Å². The van der Waals surface area contributed by atoms with Crippen molar-refractivity contribution in [1.29, 1.82) is 0 Å². The van der Waals surface area contributed by atoms with Crippen LogP contribution < -0.4 is 20.7 Å². The second-order valence-electron chi connectivity index (χ2n) is 6.87. The highest BCUT2D eigenvalue weighted by Crippen LogP contribution is 2.28. The maximum atomic E-state index is 12.3. The van der Waals surface area contributed by atoms with Crippen LogP contribution in [0.5, 0.6) is 5.75 Å². The first-order valence-corrected chi connectivity index (χ1v) is 10.0.